The van der Waals surface area contributed by atoms with Gasteiger partial charge in [0, 0.05) is 18.1 Å². The highest BCUT2D eigenvalue weighted by Crippen LogP contribution is 1.94. The molecule has 0 aromatic rings. The van der Waals surface area contributed by atoms with Crippen molar-refractivity contribution >= 4 is 17.8 Å². The van der Waals surface area contributed by atoms with Crippen LogP contribution in [0.2, 0.25) is 0 Å². The third kappa shape index (κ3) is 7.43. The first-order chi connectivity index (χ1) is 8.36. The van der Waals surface area contributed by atoms with Gasteiger partial charge in [-0.2, -0.15) is 0 Å². The fourth-order valence-corrected chi connectivity index (χ4v) is 0.911. The number of ether oxygens (including phenoxy) is 2. The molecule has 0 aliphatic carbocycles. The van der Waals surface area contributed by atoms with Gasteiger partial charge in [0.25, 0.3) is 0 Å². The molecule has 0 heterocycles. The third-order valence-corrected chi connectivity index (χ3v) is 1.95. The number of amides is 1. The van der Waals surface area contributed by atoms with E-state index in [2.05, 4.69) is 10.1 Å². The van der Waals surface area contributed by atoms with Crippen molar-refractivity contribution in [3.63, 3.8) is 0 Å². The van der Waals surface area contributed by atoms with Gasteiger partial charge in [-0.3, -0.25) is 4.79 Å². The van der Waals surface area contributed by atoms with Crippen LogP contribution in [0.4, 0.5) is 0 Å². The maximum Gasteiger partial charge on any atom is 0.331 e. The second-order valence-corrected chi connectivity index (χ2v) is 4.05. The Morgan fingerprint density at radius 2 is 1.67 bits per heavy atom. The quantitative estimate of drug-likeness (QED) is 0.551. The summed E-state index contributed by atoms with van der Waals surface area (Å²) < 4.78 is 9.15. The van der Waals surface area contributed by atoms with Gasteiger partial charge in [0.2, 0.25) is 5.91 Å². The first-order valence-electron chi connectivity index (χ1n) is 5.60. The van der Waals surface area contributed by atoms with Crippen LogP contribution in [0, 0.1) is 5.92 Å². The summed E-state index contributed by atoms with van der Waals surface area (Å²) in [4.78, 5) is 33.2. The van der Waals surface area contributed by atoms with Gasteiger partial charge >= 0.3 is 11.9 Å². The van der Waals surface area contributed by atoms with E-state index < -0.39 is 11.9 Å². The number of methoxy groups -OCH3 is 1. The Labute approximate surface area is 106 Å². The molecule has 0 bridgehead atoms. The molecule has 0 spiro atoms. The molecule has 0 aromatic carbocycles. The van der Waals surface area contributed by atoms with E-state index in [0.29, 0.717) is 0 Å². The average Bonchev–Trinajstić information content (AvgIpc) is 2.32. The van der Waals surface area contributed by atoms with Gasteiger partial charge in [-0.15, -0.1) is 0 Å². The van der Waals surface area contributed by atoms with E-state index in [1.807, 2.05) is 0 Å². The summed E-state index contributed by atoms with van der Waals surface area (Å²) in [6.45, 7) is 5.31. The van der Waals surface area contributed by atoms with E-state index in [0.717, 1.165) is 12.2 Å². The van der Waals surface area contributed by atoms with Crippen LogP contribution in [0.3, 0.4) is 0 Å². The summed E-state index contributed by atoms with van der Waals surface area (Å²) in [6, 6.07) is -0.282. The smallest absolute Gasteiger partial charge is 0.331 e. The number of hydrogen-bond acceptors (Lipinski definition) is 5. The second-order valence-electron chi connectivity index (χ2n) is 4.05. The number of carbonyl (C=O) groups is 3. The van der Waals surface area contributed by atoms with Crippen molar-refractivity contribution in [1.29, 1.82) is 0 Å². The van der Waals surface area contributed by atoms with Gasteiger partial charge in [0.1, 0.15) is 6.61 Å². The molecule has 0 saturated carbocycles. The van der Waals surface area contributed by atoms with Crippen molar-refractivity contribution in [2.75, 3.05) is 13.7 Å². The highest BCUT2D eigenvalue weighted by atomic mass is 16.5. The van der Waals surface area contributed by atoms with Crippen LogP contribution in [0.5, 0.6) is 0 Å². The summed E-state index contributed by atoms with van der Waals surface area (Å²) in [6.07, 6.45) is 1.95. The van der Waals surface area contributed by atoms with Crippen molar-refractivity contribution in [3.05, 3.63) is 12.2 Å². The number of nitrogens with one attached hydrogen (secondary N) is 1. The SMILES string of the molecule is COC(=O)/C=C/C(=O)OC[C@@H](C)NC(=O)C(C)C. The van der Waals surface area contributed by atoms with Gasteiger partial charge in [0.15, 0.2) is 0 Å². The second kappa shape index (κ2) is 8.27. The van der Waals surface area contributed by atoms with E-state index in [9.17, 15) is 14.4 Å². The number of hydrogen-bond donors (Lipinski definition) is 1. The third-order valence-electron chi connectivity index (χ3n) is 1.95. The molecule has 0 aromatic heterocycles. The molecular weight excluding hydrogens is 238 g/mol. The molecule has 102 valence electrons. The number of rotatable bonds is 6. The van der Waals surface area contributed by atoms with Crippen LogP contribution in [0.25, 0.3) is 0 Å². The normalized spacial score (nSPS) is 12.3. The highest BCUT2D eigenvalue weighted by molar-refractivity contribution is 5.91. The van der Waals surface area contributed by atoms with E-state index >= 15 is 0 Å². The zero-order valence-electron chi connectivity index (χ0n) is 11.1. The lowest BCUT2D eigenvalue weighted by atomic mass is 10.2. The minimum absolute atomic E-state index is 0.0445. The summed E-state index contributed by atoms with van der Waals surface area (Å²) in [7, 11) is 1.21. The Bertz CT molecular complexity index is 335. The van der Waals surface area contributed by atoms with Gasteiger partial charge in [-0.05, 0) is 6.92 Å². The Hall–Kier alpha value is -1.85. The van der Waals surface area contributed by atoms with Crippen LogP contribution in [-0.4, -0.2) is 37.6 Å². The van der Waals surface area contributed by atoms with Gasteiger partial charge in [0.05, 0.1) is 13.2 Å². The largest absolute Gasteiger partial charge is 0.466 e. The molecule has 0 aliphatic heterocycles. The molecular formula is C12H19NO5. The molecule has 1 atom stereocenters. The van der Waals surface area contributed by atoms with Crippen LogP contribution >= 0.6 is 0 Å². The van der Waals surface area contributed by atoms with Crippen LogP contribution in [0.15, 0.2) is 12.2 Å². The van der Waals surface area contributed by atoms with Crippen molar-refractivity contribution in [2.45, 2.75) is 26.8 Å². The molecule has 6 heteroatoms. The minimum atomic E-state index is -0.661. The van der Waals surface area contributed by atoms with Gasteiger partial charge < -0.3 is 14.8 Å². The van der Waals surface area contributed by atoms with Crippen LogP contribution < -0.4 is 5.32 Å². The van der Waals surface area contributed by atoms with Gasteiger partial charge in [-0.1, -0.05) is 13.8 Å². The zero-order valence-corrected chi connectivity index (χ0v) is 11.1. The molecule has 1 N–H and O–H groups in total. The first kappa shape index (κ1) is 16.1. The van der Waals surface area contributed by atoms with E-state index in [1.165, 1.54) is 7.11 Å². The maximum atomic E-state index is 11.3. The lowest BCUT2D eigenvalue weighted by molar-refractivity contribution is -0.140. The molecule has 0 saturated heterocycles. The lowest BCUT2D eigenvalue weighted by Crippen LogP contribution is -2.38. The fraction of sp³-hybridized carbons (Fsp3) is 0.583. The molecule has 0 unspecified atom stereocenters. The average molecular weight is 257 g/mol. The molecule has 6 nitrogen and oxygen atoms in total. The summed E-state index contributed by atoms with van der Waals surface area (Å²) in [5, 5.41) is 2.68. The van der Waals surface area contributed by atoms with Crippen molar-refractivity contribution in [3.8, 4) is 0 Å². The van der Waals surface area contributed by atoms with Crippen molar-refractivity contribution in [1.82, 2.24) is 5.32 Å². The maximum absolute atomic E-state index is 11.3. The van der Waals surface area contributed by atoms with Crippen LogP contribution in [-0.2, 0) is 23.9 Å². The fourth-order valence-electron chi connectivity index (χ4n) is 0.911. The Morgan fingerprint density at radius 3 is 2.17 bits per heavy atom. The van der Waals surface area contributed by atoms with Crippen molar-refractivity contribution < 1.29 is 23.9 Å². The summed E-state index contributed by atoms with van der Waals surface area (Å²) in [5.74, 6) is -1.52. The van der Waals surface area contributed by atoms with Crippen LogP contribution in [0.1, 0.15) is 20.8 Å². The van der Waals surface area contributed by atoms with Crippen molar-refractivity contribution in [2.24, 2.45) is 5.92 Å². The zero-order chi connectivity index (χ0) is 14.1. The van der Waals surface area contributed by atoms with E-state index in [-0.39, 0.29) is 24.5 Å². The number of carbonyl (C=O) groups excluding carboxylic acids is 3. The first-order valence-corrected chi connectivity index (χ1v) is 5.60. The molecule has 18 heavy (non-hydrogen) atoms. The molecule has 1 amide bonds. The molecule has 0 aliphatic rings. The van der Waals surface area contributed by atoms with E-state index in [1.54, 1.807) is 20.8 Å². The standard InChI is InChI=1S/C12H19NO5/c1-8(2)12(16)13-9(3)7-18-11(15)6-5-10(14)17-4/h5-6,8-9H,7H2,1-4H3,(H,13,16)/b6-5+/t9-/m1/s1. The molecule has 0 fully saturated rings. The Balaban J connectivity index is 3.95. The topological polar surface area (TPSA) is 81.7 Å². The summed E-state index contributed by atoms with van der Waals surface area (Å²) >= 11 is 0. The monoisotopic (exact) mass is 257 g/mol. The molecule has 0 rings (SSSR count). The number of esters is 2. The predicted molar refractivity (Wildman–Crippen MR) is 64.6 cm³/mol. The lowest BCUT2D eigenvalue weighted by Gasteiger charge is -2.15. The minimum Gasteiger partial charge on any atom is -0.466 e. The highest BCUT2D eigenvalue weighted by Gasteiger charge is 2.11. The summed E-state index contributed by atoms with van der Waals surface area (Å²) in [5.41, 5.74) is 0. The van der Waals surface area contributed by atoms with Gasteiger partial charge in [-0.25, -0.2) is 9.59 Å². The predicted octanol–water partition coefficient (Wildman–Crippen LogP) is 0.419. The Kier molecular flexibility index (Phi) is 7.42. The Morgan fingerprint density at radius 1 is 1.11 bits per heavy atom. The molecule has 0 radical (unpaired) electrons. The van der Waals surface area contributed by atoms with E-state index in [4.69, 9.17) is 4.74 Å².